The average molecular weight is 307 g/mol. The minimum absolute atomic E-state index is 0.0603. The van der Waals surface area contributed by atoms with Crippen molar-refractivity contribution in [2.75, 3.05) is 0 Å². The van der Waals surface area contributed by atoms with E-state index in [4.69, 9.17) is 9.11 Å². The van der Waals surface area contributed by atoms with E-state index in [0.717, 1.165) is 6.07 Å². The van der Waals surface area contributed by atoms with Crippen LogP contribution in [0.15, 0.2) is 26.9 Å². The Labute approximate surface area is 111 Å². The number of nitrogens with zero attached hydrogens (tertiary/aromatic N) is 1. The average Bonchev–Trinajstić information content (AvgIpc) is 2.16. The fourth-order valence-electron chi connectivity index (χ4n) is 1.43. The van der Waals surface area contributed by atoms with Crippen LogP contribution in [-0.4, -0.2) is 31.7 Å². The minimum Gasteiger partial charge on any atom is -0.282 e. The molecule has 0 saturated carbocycles. The molecule has 2 N–H and O–H groups in total. The highest BCUT2D eigenvalue weighted by atomic mass is 32.2. The topological polar surface area (TPSA) is 121 Å². The molecule has 0 aromatic heterocycles. The number of hydrogen-bond donors (Lipinski definition) is 2. The smallest absolute Gasteiger partial charge is 0.282 e. The Morgan fingerprint density at radius 3 is 1.95 bits per heavy atom. The zero-order valence-corrected chi connectivity index (χ0v) is 12.1. The van der Waals surface area contributed by atoms with Crippen molar-refractivity contribution in [2.45, 2.75) is 30.6 Å². The summed E-state index contributed by atoms with van der Waals surface area (Å²) in [6, 6.07) is 1.74. The molecule has 0 unspecified atom stereocenters. The van der Waals surface area contributed by atoms with Crippen LogP contribution in [0.3, 0.4) is 0 Å². The van der Waals surface area contributed by atoms with E-state index in [1.54, 1.807) is 13.8 Å². The van der Waals surface area contributed by atoms with Crippen molar-refractivity contribution >= 4 is 31.6 Å². The van der Waals surface area contributed by atoms with Crippen molar-refractivity contribution in [1.29, 1.82) is 0 Å². The van der Waals surface area contributed by atoms with E-state index in [1.807, 2.05) is 0 Å². The maximum Gasteiger partial charge on any atom is 0.296 e. The second kappa shape index (κ2) is 5.00. The van der Waals surface area contributed by atoms with Crippen LogP contribution >= 0.6 is 0 Å². The van der Waals surface area contributed by atoms with Gasteiger partial charge in [-0.05, 0) is 38.5 Å². The third-order valence-corrected chi connectivity index (χ3v) is 3.85. The number of aryl methyl sites for hydroxylation is 1. The van der Waals surface area contributed by atoms with Crippen LogP contribution in [0.4, 0.5) is 5.69 Å². The van der Waals surface area contributed by atoms with E-state index in [1.165, 1.54) is 6.92 Å². The van der Waals surface area contributed by atoms with Gasteiger partial charge in [-0.25, -0.2) is 0 Å². The normalized spacial score (nSPS) is 12.3. The van der Waals surface area contributed by atoms with Crippen LogP contribution < -0.4 is 0 Å². The largest absolute Gasteiger partial charge is 0.296 e. The molecule has 0 spiro atoms. The third-order valence-electron chi connectivity index (χ3n) is 2.15. The molecule has 0 fully saturated rings. The van der Waals surface area contributed by atoms with Gasteiger partial charge in [0.25, 0.3) is 20.2 Å². The van der Waals surface area contributed by atoms with Crippen LogP contribution in [0.2, 0.25) is 0 Å². The molecule has 0 heterocycles. The fraction of sp³-hybridized carbons (Fsp3) is 0.300. The summed E-state index contributed by atoms with van der Waals surface area (Å²) in [5.41, 5.74) is 0.659. The van der Waals surface area contributed by atoms with E-state index in [9.17, 15) is 16.8 Å². The Morgan fingerprint density at radius 2 is 1.58 bits per heavy atom. The number of rotatable bonds is 3. The van der Waals surface area contributed by atoms with Gasteiger partial charge in [0, 0.05) is 5.71 Å². The Kier molecular flexibility index (Phi) is 4.15. The Bertz CT molecular complexity index is 742. The molecule has 0 aliphatic heterocycles. The van der Waals surface area contributed by atoms with Crippen molar-refractivity contribution in [1.82, 2.24) is 0 Å². The third kappa shape index (κ3) is 3.83. The summed E-state index contributed by atoms with van der Waals surface area (Å²) in [6.07, 6.45) is 0. The van der Waals surface area contributed by atoms with Gasteiger partial charge in [0.05, 0.1) is 10.6 Å². The lowest BCUT2D eigenvalue weighted by Gasteiger charge is -2.09. The van der Waals surface area contributed by atoms with Gasteiger partial charge in [-0.3, -0.25) is 14.1 Å². The van der Waals surface area contributed by atoms with Gasteiger partial charge in [0.2, 0.25) is 0 Å². The van der Waals surface area contributed by atoms with Crippen LogP contribution in [0, 0.1) is 6.92 Å². The van der Waals surface area contributed by atoms with Crippen LogP contribution in [0.1, 0.15) is 19.4 Å². The fourth-order valence-corrected chi connectivity index (χ4v) is 2.82. The van der Waals surface area contributed by atoms with E-state index in [2.05, 4.69) is 4.99 Å². The Balaban J connectivity index is 3.83. The van der Waals surface area contributed by atoms with Gasteiger partial charge >= 0.3 is 0 Å². The maximum absolute atomic E-state index is 11.3. The first kappa shape index (κ1) is 15.8. The first-order valence-corrected chi connectivity index (χ1v) is 7.92. The summed E-state index contributed by atoms with van der Waals surface area (Å²) in [6.45, 7) is 4.65. The lowest BCUT2D eigenvalue weighted by molar-refractivity contribution is 0.481. The predicted molar refractivity (Wildman–Crippen MR) is 69.3 cm³/mol. The second-order valence-electron chi connectivity index (χ2n) is 4.10. The molecule has 106 valence electrons. The Morgan fingerprint density at radius 1 is 1.05 bits per heavy atom. The standard InChI is InChI=1S/C10H13NO6S2/c1-6(2)11-10-7(3)4-8(18(12,13)14)5-9(10)19(15,16)17/h4-5H,1-3H3,(H,12,13,14)(H,15,16,17). The van der Waals surface area contributed by atoms with E-state index >= 15 is 0 Å². The Hall–Kier alpha value is -1.29. The van der Waals surface area contributed by atoms with Crippen molar-refractivity contribution in [3.8, 4) is 0 Å². The summed E-state index contributed by atoms with van der Waals surface area (Å²) < 4.78 is 62.7. The highest BCUT2D eigenvalue weighted by molar-refractivity contribution is 7.86. The molecule has 0 aliphatic carbocycles. The van der Waals surface area contributed by atoms with Crippen LogP contribution in [0.25, 0.3) is 0 Å². The van der Waals surface area contributed by atoms with Gasteiger partial charge in [-0.15, -0.1) is 0 Å². The van der Waals surface area contributed by atoms with Gasteiger partial charge in [-0.1, -0.05) is 0 Å². The molecule has 7 nitrogen and oxygen atoms in total. The van der Waals surface area contributed by atoms with Gasteiger partial charge < -0.3 is 0 Å². The van der Waals surface area contributed by atoms with E-state index < -0.39 is 30.0 Å². The molecule has 0 aliphatic rings. The molecule has 1 aromatic carbocycles. The van der Waals surface area contributed by atoms with Crippen molar-refractivity contribution in [3.63, 3.8) is 0 Å². The van der Waals surface area contributed by atoms with Crippen molar-refractivity contribution in [2.24, 2.45) is 4.99 Å². The van der Waals surface area contributed by atoms with Crippen molar-refractivity contribution < 1.29 is 25.9 Å². The van der Waals surface area contributed by atoms with E-state index in [0.29, 0.717) is 11.8 Å². The SMILES string of the molecule is CC(C)=Nc1c(C)cc(S(=O)(=O)O)cc1S(=O)(=O)O. The highest BCUT2D eigenvalue weighted by Gasteiger charge is 2.22. The minimum atomic E-state index is -4.67. The predicted octanol–water partition coefficient (Wildman–Crippen LogP) is 1.60. The van der Waals surface area contributed by atoms with E-state index in [-0.39, 0.29) is 11.3 Å². The molecular weight excluding hydrogens is 294 g/mol. The zero-order chi connectivity index (χ0) is 15.0. The first-order chi connectivity index (χ1) is 8.43. The van der Waals surface area contributed by atoms with Crippen LogP contribution in [0.5, 0.6) is 0 Å². The lowest BCUT2D eigenvalue weighted by Crippen LogP contribution is -2.05. The number of aliphatic imine (C=N–C) groups is 1. The molecule has 0 atom stereocenters. The molecule has 0 saturated heterocycles. The molecule has 19 heavy (non-hydrogen) atoms. The molecule has 9 heteroatoms. The monoisotopic (exact) mass is 307 g/mol. The van der Waals surface area contributed by atoms with Gasteiger partial charge in [0.1, 0.15) is 4.90 Å². The summed E-state index contributed by atoms with van der Waals surface area (Å²) >= 11 is 0. The molecular formula is C10H13NO6S2. The van der Waals surface area contributed by atoms with Gasteiger partial charge in [-0.2, -0.15) is 16.8 Å². The summed E-state index contributed by atoms with van der Waals surface area (Å²) in [4.78, 5) is 2.66. The first-order valence-electron chi connectivity index (χ1n) is 5.04. The number of benzene rings is 1. The maximum atomic E-state index is 11.3. The summed E-state index contributed by atoms with van der Waals surface area (Å²) in [5.74, 6) is 0. The van der Waals surface area contributed by atoms with Gasteiger partial charge in [0.15, 0.2) is 0 Å². The molecule has 1 aromatic rings. The second-order valence-corrected chi connectivity index (χ2v) is 6.91. The summed E-state index contributed by atoms with van der Waals surface area (Å²) in [5, 5.41) is 0. The van der Waals surface area contributed by atoms with Crippen LogP contribution in [-0.2, 0) is 20.2 Å². The molecule has 1 rings (SSSR count). The van der Waals surface area contributed by atoms with Crippen molar-refractivity contribution in [3.05, 3.63) is 17.7 Å². The number of hydrogen-bond acceptors (Lipinski definition) is 5. The summed E-state index contributed by atoms with van der Waals surface area (Å²) in [7, 11) is -9.24. The molecule has 0 amide bonds. The molecule has 0 radical (unpaired) electrons. The quantitative estimate of drug-likeness (QED) is 0.646. The lowest BCUT2D eigenvalue weighted by atomic mass is 10.2. The highest BCUT2D eigenvalue weighted by Crippen LogP contribution is 2.31. The zero-order valence-electron chi connectivity index (χ0n) is 10.4. The molecule has 0 bridgehead atoms.